The van der Waals surface area contributed by atoms with Gasteiger partial charge in [0.1, 0.15) is 0 Å². The Labute approximate surface area is 191 Å². The standard InChI is InChI=1S/C21H15ClF3N3O4S/c22-15-9-11-17(12-10-15)28(33(31,32)18-7-2-1-3-8-18)20(30)27-19(29)26-16-6-4-5-14(13-16)21(23,24)25/h1-13H,(H2,26,27,29,30). The summed E-state index contributed by atoms with van der Waals surface area (Å²) in [6.07, 6.45) is -4.64. The molecule has 12 heteroatoms. The lowest BCUT2D eigenvalue weighted by atomic mass is 10.2. The van der Waals surface area contributed by atoms with Crippen LogP contribution in [0.2, 0.25) is 5.02 Å². The Hall–Kier alpha value is -3.57. The maximum atomic E-state index is 13.1. The Bertz CT molecular complexity index is 1270. The number of nitrogens with one attached hydrogen (secondary N) is 2. The van der Waals surface area contributed by atoms with Gasteiger partial charge in [0.2, 0.25) is 0 Å². The molecular weight excluding hydrogens is 483 g/mol. The second kappa shape index (κ2) is 9.51. The third kappa shape index (κ3) is 5.82. The first-order chi connectivity index (χ1) is 15.5. The highest BCUT2D eigenvalue weighted by Crippen LogP contribution is 2.30. The van der Waals surface area contributed by atoms with Crippen LogP contribution in [0.5, 0.6) is 0 Å². The Morgan fingerprint density at radius 1 is 0.879 bits per heavy atom. The molecule has 33 heavy (non-hydrogen) atoms. The van der Waals surface area contributed by atoms with Gasteiger partial charge in [-0.3, -0.25) is 5.32 Å². The normalized spacial score (nSPS) is 11.5. The van der Waals surface area contributed by atoms with Gasteiger partial charge in [0.15, 0.2) is 0 Å². The van der Waals surface area contributed by atoms with Crippen molar-refractivity contribution in [2.24, 2.45) is 0 Å². The molecule has 4 amide bonds. The molecule has 0 spiro atoms. The number of imide groups is 1. The Kier molecular flexibility index (Phi) is 6.94. The molecule has 0 saturated heterocycles. The van der Waals surface area contributed by atoms with E-state index in [2.05, 4.69) is 5.32 Å². The summed E-state index contributed by atoms with van der Waals surface area (Å²) in [5, 5.41) is 4.17. The lowest BCUT2D eigenvalue weighted by Crippen LogP contribution is -2.47. The largest absolute Gasteiger partial charge is 0.416 e. The molecule has 0 fully saturated rings. The van der Waals surface area contributed by atoms with Gasteiger partial charge in [0.25, 0.3) is 10.0 Å². The Morgan fingerprint density at radius 3 is 2.12 bits per heavy atom. The average Bonchev–Trinajstić information content (AvgIpc) is 2.75. The molecule has 3 aromatic rings. The molecule has 0 heterocycles. The van der Waals surface area contributed by atoms with E-state index in [1.807, 2.05) is 5.32 Å². The van der Waals surface area contributed by atoms with Crippen LogP contribution in [-0.2, 0) is 16.2 Å². The quantitative estimate of drug-likeness (QED) is 0.498. The monoisotopic (exact) mass is 497 g/mol. The van der Waals surface area contributed by atoms with Gasteiger partial charge >= 0.3 is 18.2 Å². The van der Waals surface area contributed by atoms with E-state index in [-0.39, 0.29) is 21.3 Å². The van der Waals surface area contributed by atoms with Crippen LogP contribution in [0.4, 0.5) is 34.1 Å². The minimum atomic E-state index is -4.64. The van der Waals surface area contributed by atoms with Crippen molar-refractivity contribution < 1.29 is 31.2 Å². The van der Waals surface area contributed by atoms with Crippen molar-refractivity contribution in [1.29, 1.82) is 0 Å². The van der Waals surface area contributed by atoms with Crippen molar-refractivity contribution in [3.05, 3.63) is 89.4 Å². The zero-order valence-corrected chi connectivity index (χ0v) is 18.1. The molecule has 0 aliphatic rings. The van der Waals surface area contributed by atoms with E-state index in [9.17, 15) is 31.2 Å². The van der Waals surface area contributed by atoms with Gasteiger partial charge in [-0.15, -0.1) is 0 Å². The first-order valence-corrected chi connectivity index (χ1v) is 11.0. The number of hydrogen-bond acceptors (Lipinski definition) is 4. The second-order valence-electron chi connectivity index (χ2n) is 6.52. The zero-order valence-electron chi connectivity index (χ0n) is 16.5. The van der Waals surface area contributed by atoms with E-state index in [1.54, 1.807) is 6.07 Å². The van der Waals surface area contributed by atoms with Crippen molar-refractivity contribution in [2.45, 2.75) is 11.1 Å². The highest BCUT2D eigenvalue weighted by atomic mass is 35.5. The molecule has 0 aromatic heterocycles. The van der Waals surface area contributed by atoms with Crippen LogP contribution in [0, 0.1) is 0 Å². The minimum Gasteiger partial charge on any atom is -0.308 e. The number of amides is 4. The lowest BCUT2D eigenvalue weighted by molar-refractivity contribution is -0.137. The molecule has 7 nitrogen and oxygen atoms in total. The van der Waals surface area contributed by atoms with Crippen molar-refractivity contribution in [3.8, 4) is 0 Å². The van der Waals surface area contributed by atoms with Gasteiger partial charge in [-0.05, 0) is 54.6 Å². The van der Waals surface area contributed by atoms with Gasteiger partial charge in [0.05, 0.1) is 16.1 Å². The van der Waals surface area contributed by atoms with E-state index >= 15 is 0 Å². The van der Waals surface area contributed by atoms with Crippen LogP contribution in [0.15, 0.2) is 83.8 Å². The number of alkyl halides is 3. The molecule has 0 aliphatic heterocycles. The van der Waals surface area contributed by atoms with Crippen LogP contribution >= 0.6 is 11.6 Å². The number of benzene rings is 3. The molecule has 2 N–H and O–H groups in total. The third-order valence-electron chi connectivity index (χ3n) is 4.20. The molecule has 172 valence electrons. The van der Waals surface area contributed by atoms with Gasteiger partial charge in [0, 0.05) is 10.7 Å². The van der Waals surface area contributed by atoms with E-state index in [1.165, 1.54) is 54.6 Å². The SMILES string of the molecule is O=C(NC(=O)N(c1ccc(Cl)cc1)S(=O)(=O)c1ccccc1)Nc1cccc(C(F)(F)F)c1. The molecule has 0 bridgehead atoms. The number of carbonyl (C=O) groups is 2. The summed E-state index contributed by atoms with van der Waals surface area (Å²) in [6, 6.07) is 13.3. The third-order valence-corrected chi connectivity index (χ3v) is 6.17. The molecule has 3 aromatic carbocycles. The molecule has 0 atom stereocenters. The fourth-order valence-electron chi connectivity index (χ4n) is 2.72. The predicted molar refractivity (Wildman–Crippen MR) is 117 cm³/mol. The number of sulfonamides is 1. The van der Waals surface area contributed by atoms with Crippen molar-refractivity contribution in [2.75, 3.05) is 9.62 Å². The first kappa shape index (κ1) is 24.1. The molecular formula is C21H15ClF3N3O4S. The van der Waals surface area contributed by atoms with E-state index in [0.29, 0.717) is 10.4 Å². The van der Waals surface area contributed by atoms with Crippen LogP contribution < -0.4 is 14.9 Å². The van der Waals surface area contributed by atoms with Crippen LogP contribution in [0.3, 0.4) is 0 Å². The van der Waals surface area contributed by atoms with Crippen molar-refractivity contribution in [3.63, 3.8) is 0 Å². The maximum absolute atomic E-state index is 13.1. The Balaban J connectivity index is 1.88. The Morgan fingerprint density at radius 2 is 1.52 bits per heavy atom. The van der Waals surface area contributed by atoms with Crippen LogP contribution in [-0.4, -0.2) is 20.5 Å². The van der Waals surface area contributed by atoms with E-state index < -0.39 is 33.8 Å². The molecule has 3 rings (SSSR count). The minimum absolute atomic E-state index is 0.118. The summed E-state index contributed by atoms with van der Waals surface area (Å²) in [5.74, 6) is 0. The van der Waals surface area contributed by atoms with E-state index in [0.717, 1.165) is 12.1 Å². The predicted octanol–water partition coefficient (Wildman–Crippen LogP) is 5.50. The first-order valence-electron chi connectivity index (χ1n) is 9.13. The smallest absolute Gasteiger partial charge is 0.308 e. The second-order valence-corrected chi connectivity index (χ2v) is 8.74. The number of nitrogens with zero attached hydrogens (tertiary/aromatic N) is 1. The van der Waals surface area contributed by atoms with Crippen LogP contribution in [0.25, 0.3) is 0 Å². The lowest BCUT2D eigenvalue weighted by Gasteiger charge is -2.22. The molecule has 0 aliphatic carbocycles. The summed E-state index contributed by atoms with van der Waals surface area (Å²) in [7, 11) is -4.46. The number of carbonyl (C=O) groups excluding carboxylic acids is 2. The number of rotatable bonds is 4. The number of hydrogen-bond donors (Lipinski definition) is 2. The van der Waals surface area contributed by atoms with Crippen LogP contribution in [0.1, 0.15) is 5.56 Å². The molecule has 0 saturated carbocycles. The number of anilines is 2. The van der Waals surface area contributed by atoms with Crippen molar-refractivity contribution >= 4 is 45.1 Å². The summed E-state index contributed by atoms with van der Waals surface area (Å²) in [6.45, 7) is 0. The average molecular weight is 498 g/mol. The highest BCUT2D eigenvalue weighted by Gasteiger charge is 2.33. The topological polar surface area (TPSA) is 95.6 Å². The maximum Gasteiger partial charge on any atom is 0.416 e. The molecule has 0 unspecified atom stereocenters. The summed E-state index contributed by atoms with van der Waals surface area (Å²) < 4.78 is 65.2. The fraction of sp³-hybridized carbons (Fsp3) is 0.0476. The number of halogens is 4. The summed E-state index contributed by atoms with van der Waals surface area (Å²) in [5.41, 5.74) is -1.38. The fourth-order valence-corrected chi connectivity index (χ4v) is 4.22. The van der Waals surface area contributed by atoms with Gasteiger partial charge in [-0.25, -0.2) is 18.0 Å². The van der Waals surface area contributed by atoms with E-state index in [4.69, 9.17) is 11.6 Å². The van der Waals surface area contributed by atoms with Gasteiger partial charge in [-0.1, -0.05) is 35.9 Å². The van der Waals surface area contributed by atoms with Gasteiger partial charge in [-0.2, -0.15) is 17.5 Å². The van der Waals surface area contributed by atoms with Crippen molar-refractivity contribution in [1.82, 2.24) is 5.32 Å². The molecule has 0 radical (unpaired) electrons. The van der Waals surface area contributed by atoms with Gasteiger partial charge < -0.3 is 5.32 Å². The number of urea groups is 2. The summed E-state index contributed by atoms with van der Waals surface area (Å²) in [4.78, 5) is 24.9. The zero-order chi connectivity index (χ0) is 24.2. The highest BCUT2D eigenvalue weighted by molar-refractivity contribution is 7.93. The summed E-state index contributed by atoms with van der Waals surface area (Å²) >= 11 is 5.83.